The number of alkyl halides is 3. The number of halogens is 3. The van der Waals surface area contributed by atoms with Gasteiger partial charge in [-0.05, 0) is 44.2 Å². The second kappa shape index (κ2) is 8.25. The number of carbonyl (C=O) groups is 1. The lowest BCUT2D eigenvalue weighted by atomic mass is 9.84. The first-order valence-corrected chi connectivity index (χ1v) is 8.83. The fourth-order valence-electron chi connectivity index (χ4n) is 3.30. The monoisotopic (exact) mass is 361 g/mol. The van der Waals surface area contributed by atoms with Crippen molar-refractivity contribution in [3.05, 3.63) is 23.7 Å². The van der Waals surface area contributed by atoms with Crippen molar-refractivity contribution in [3.63, 3.8) is 0 Å². The van der Waals surface area contributed by atoms with Crippen LogP contribution >= 0.6 is 0 Å². The summed E-state index contributed by atoms with van der Waals surface area (Å²) in [5, 5.41) is 2.36. The van der Waals surface area contributed by atoms with Crippen LogP contribution in [0.4, 0.5) is 13.2 Å². The van der Waals surface area contributed by atoms with Crippen LogP contribution in [0.1, 0.15) is 57.0 Å². The molecule has 0 radical (unpaired) electrons. The predicted molar refractivity (Wildman–Crippen MR) is 86.9 cm³/mol. The number of aryl methyl sites for hydroxylation is 1. The van der Waals surface area contributed by atoms with Crippen LogP contribution in [0.2, 0.25) is 0 Å². The number of furan rings is 1. The number of hydrogen-bond acceptors (Lipinski definition) is 3. The van der Waals surface area contributed by atoms with E-state index in [-0.39, 0.29) is 25.5 Å². The number of ether oxygens (including phenoxy) is 1. The highest BCUT2D eigenvalue weighted by Gasteiger charge is 2.62. The largest absolute Gasteiger partial charge is 0.465 e. The summed E-state index contributed by atoms with van der Waals surface area (Å²) in [6.45, 7) is 3.58. The number of rotatable bonds is 6. The topological polar surface area (TPSA) is 51.5 Å². The lowest BCUT2D eigenvalue weighted by molar-refractivity contribution is -0.269. The molecule has 142 valence electrons. The third-order valence-corrected chi connectivity index (χ3v) is 4.69. The molecule has 1 aromatic heterocycles. The van der Waals surface area contributed by atoms with Gasteiger partial charge in [-0.25, -0.2) is 0 Å². The highest BCUT2D eigenvalue weighted by Crippen LogP contribution is 2.43. The maximum atomic E-state index is 13.8. The van der Waals surface area contributed by atoms with Gasteiger partial charge in [0.2, 0.25) is 5.60 Å². The van der Waals surface area contributed by atoms with Gasteiger partial charge in [-0.15, -0.1) is 0 Å². The third-order valence-electron chi connectivity index (χ3n) is 4.69. The standard InChI is InChI=1S/C18H26F3NO3/c1-3-4-6-14-7-5-10-24-17(11-14,18(19,20)21)16(23)22-12-15-9-8-13(2)25-15/h8-9,14H,3-7,10-12H2,1-2H3,(H,22,23)/t14-,17-/m0/s1. The molecule has 2 atom stereocenters. The molecule has 1 N–H and O–H groups in total. The van der Waals surface area contributed by atoms with Gasteiger partial charge in [0.1, 0.15) is 11.5 Å². The first-order valence-electron chi connectivity index (χ1n) is 8.83. The van der Waals surface area contributed by atoms with Crippen molar-refractivity contribution < 1.29 is 27.1 Å². The molecule has 7 heteroatoms. The Bertz CT molecular complexity index is 570. The fraction of sp³-hybridized carbons (Fsp3) is 0.722. The van der Waals surface area contributed by atoms with E-state index in [1.165, 1.54) is 0 Å². The second-order valence-corrected chi connectivity index (χ2v) is 6.72. The van der Waals surface area contributed by atoms with Crippen molar-refractivity contribution in [2.45, 2.75) is 70.7 Å². The zero-order valence-corrected chi connectivity index (χ0v) is 14.7. The van der Waals surface area contributed by atoms with E-state index in [4.69, 9.17) is 9.15 Å². The Hall–Kier alpha value is -1.50. The van der Waals surface area contributed by atoms with Crippen molar-refractivity contribution in [1.29, 1.82) is 0 Å². The average Bonchev–Trinajstić information content (AvgIpc) is 2.83. The minimum Gasteiger partial charge on any atom is -0.465 e. The van der Waals surface area contributed by atoms with Gasteiger partial charge in [-0.1, -0.05) is 26.2 Å². The van der Waals surface area contributed by atoms with Gasteiger partial charge in [-0.2, -0.15) is 13.2 Å². The second-order valence-electron chi connectivity index (χ2n) is 6.72. The Morgan fingerprint density at radius 2 is 2.16 bits per heavy atom. The van der Waals surface area contributed by atoms with Crippen LogP contribution < -0.4 is 5.32 Å². The van der Waals surface area contributed by atoms with Gasteiger partial charge in [0.05, 0.1) is 6.54 Å². The van der Waals surface area contributed by atoms with Crippen LogP contribution in [-0.2, 0) is 16.1 Å². The Labute approximate surface area is 146 Å². The average molecular weight is 361 g/mol. The van der Waals surface area contributed by atoms with E-state index in [2.05, 4.69) is 5.32 Å². The molecule has 1 fully saturated rings. The van der Waals surface area contributed by atoms with Crippen molar-refractivity contribution in [2.24, 2.45) is 5.92 Å². The summed E-state index contributed by atoms with van der Waals surface area (Å²) in [5.41, 5.74) is -2.77. The van der Waals surface area contributed by atoms with Crippen LogP contribution in [0.3, 0.4) is 0 Å². The summed E-state index contributed by atoms with van der Waals surface area (Å²) in [6, 6.07) is 3.33. The molecule has 4 nitrogen and oxygen atoms in total. The molecule has 0 saturated carbocycles. The molecule has 0 bridgehead atoms. The molecule has 0 aliphatic carbocycles. The molecule has 2 heterocycles. The zero-order chi connectivity index (χ0) is 18.5. The van der Waals surface area contributed by atoms with Crippen molar-refractivity contribution >= 4 is 5.91 Å². The first-order chi connectivity index (χ1) is 11.8. The molecule has 2 rings (SSSR count). The molecular weight excluding hydrogens is 335 g/mol. The Morgan fingerprint density at radius 3 is 2.76 bits per heavy atom. The van der Waals surface area contributed by atoms with Gasteiger partial charge in [0, 0.05) is 6.61 Å². The molecule has 0 spiro atoms. The van der Waals surface area contributed by atoms with Crippen molar-refractivity contribution in [3.8, 4) is 0 Å². The van der Waals surface area contributed by atoms with Crippen molar-refractivity contribution in [2.75, 3.05) is 6.61 Å². The molecule has 0 aromatic carbocycles. The molecule has 1 aromatic rings. The molecule has 1 aliphatic rings. The van der Waals surface area contributed by atoms with Crippen LogP contribution in [0, 0.1) is 12.8 Å². The number of amides is 1. The highest BCUT2D eigenvalue weighted by atomic mass is 19.4. The summed E-state index contributed by atoms with van der Waals surface area (Å²) in [7, 11) is 0. The van der Waals surface area contributed by atoms with E-state index in [1.54, 1.807) is 19.1 Å². The van der Waals surface area contributed by atoms with E-state index in [0.717, 1.165) is 12.8 Å². The number of unbranched alkanes of at least 4 members (excludes halogenated alkanes) is 1. The van der Waals surface area contributed by atoms with Gasteiger partial charge >= 0.3 is 6.18 Å². The van der Waals surface area contributed by atoms with Crippen molar-refractivity contribution in [1.82, 2.24) is 5.32 Å². The van der Waals surface area contributed by atoms with E-state index in [9.17, 15) is 18.0 Å². The summed E-state index contributed by atoms with van der Waals surface area (Å²) in [6.07, 6.45) is -1.43. The normalized spacial score (nSPS) is 24.8. The summed E-state index contributed by atoms with van der Waals surface area (Å²) in [5.74, 6) is -0.238. The Balaban J connectivity index is 2.15. The molecule has 0 unspecified atom stereocenters. The van der Waals surface area contributed by atoms with Gasteiger partial charge in [0.25, 0.3) is 5.91 Å². The Morgan fingerprint density at radius 1 is 1.40 bits per heavy atom. The maximum absolute atomic E-state index is 13.8. The molecule has 1 saturated heterocycles. The minimum atomic E-state index is -4.76. The minimum absolute atomic E-state index is 0.0601. The van der Waals surface area contributed by atoms with Gasteiger partial charge in [-0.3, -0.25) is 4.79 Å². The predicted octanol–water partition coefficient (Wildman–Crippen LogP) is 4.51. The lowest BCUT2D eigenvalue weighted by Crippen LogP contribution is -2.59. The molecule has 1 aliphatic heterocycles. The number of nitrogens with one attached hydrogen (secondary N) is 1. The van der Waals surface area contributed by atoms with Crippen LogP contribution in [-0.4, -0.2) is 24.3 Å². The smallest absolute Gasteiger partial charge is 0.426 e. The SMILES string of the molecule is CCCC[C@H]1CCCO[C@@](C(=O)NCc2ccc(C)o2)(C(F)(F)F)C1. The van der Waals surface area contributed by atoms with Crippen LogP contribution in [0.25, 0.3) is 0 Å². The Kier molecular flexibility index (Phi) is 6.54. The quantitative estimate of drug-likeness (QED) is 0.811. The zero-order valence-electron chi connectivity index (χ0n) is 14.7. The lowest BCUT2D eigenvalue weighted by Gasteiger charge is -2.34. The summed E-state index contributed by atoms with van der Waals surface area (Å²) >= 11 is 0. The highest BCUT2D eigenvalue weighted by molar-refractivity contribution is 5.86. The summed E-state index contributed by atoms with van der Waals surface area (Å²) in [4.78, 5) is 12.5. The summed E-state index contributed by atoms with van der Waals surface area (Å²) < 4.78 is 52.0. The van der Waals surface area contributed by atoms with Gasteiger partial charge < -0.3 is 14.5 Å². The molecular formula is C18H26F3NO3. The number of hydrogen-bond donors (Lipinski definition) is 1. The fourth-order valence-corrected chi connectivity index (χ4v) is 3.30. The number of carbonyl (C=O) groups excluding carboxylic acids is 1. The van der Waals surface area contributed by atoms with E-state index in [1.807, 2.05) is 6.92 Å². The van der Waals surface area contributed by atoms with E-state index in [0.29, 0.717) is 30.8 Å². The third kappa shape index (κ3) is 4.77. The molecule has 25 heavy (non-hydrogen) atoms. The first kappa shape index (κ1) is 19.8. The van der Waals surface area contributed by atoms with E-state index < -0.39 is 17.7 Å². The van der Waals surface area contributed by atoms with E-state index >= 15 is 0 Å². The van der Waals surface area contributed by atoms with Crippen LogP contribution in [0.5, 0.6) is 0 Å². The molecule has 1 amide bonds. The van der Waals surface area contributed by atoms with Crippen LogP contribution in [0.15, 0.2) is 16.5 Å². The van der Waals surface area contributed by atoms with Gasteiger partial charge in [0.15, 0.2) is 0 Å². The maximum Gasteiger partial charge on any atom is 0.426 e.